The van der Waals surface area contributed by atoms with Crippen molar-refractivity contribution in [2.45, 2.75) is 156 Å². The number of carbonyl (C=O) groups is 5. The van der Waals surface area contributed by atoms with Gasteiger partial charge in [-0.2, -0.15) is 5.10 Å². The van der Waals surface area contributed by atoms with Gasteiger partial charge in [0.1, 0.15) is 6.10 Å². The Hall–Kier alpha value is -4.66. The molecule has 1 fully saturated rings. The maximum atomic E-state index is 14.3. The molecule has 0 bridgehead atoms. The molecule has 368 valence electrons. The second-order valence-electron chi connectivity index (χ2n) is 19.1. The summed E-state index contributed by atoms with van der Waals surface area (Å²) >= 11 is 0. The van der Waals surface area contributed by atoms with Gasteiger partial charge in [0.2, 0.25) is 17.7 Å². The van der Waals surface area contributed by atoms with Gasteiger partial charge < -0.3 is 35.6 Å². The highest BCUT2D eigenvalue weighted by Crippen LogP contribution is 2.30. The van der Waals surface area contributed by atoms with Crippen molar-refractivity contribution >= 4 is 35.2 Å². The van der Waals surface area contributed by atoms with Crippen LogP contribution >= 0.6 is 0 Å². The highest BCUT2D eigenvalue weighted by Gasteiger charge is 2.42. The number of methoxy groups -OCH3 is 2. The van der Waals surface area contributed by atoms with Gasteiger partial charge in [-0.05, 0) is 82.0 Å². The summed E-state index contributed by atoms with van der Waals surface area (Å²) in [6.45, 7) is 16.1. The van der Waals surface area contributed by atoms with E-state index >= 15 is 0 Å². The highest BCUT2D eigenvalue weighted by atomic mass is 16.5. The minimum Gasteiger partial charge on any atom is -0.455 e. The van der Waals surface area contributed by atoms with Crippen LogP contribution in [0.15, 0.2) is 65.8 Å². The predicted octanol–water partition coefficient (Wildman–Crippen LogP) is 7.09. The quantitative estimate of drug-likeness (QED) is 0.0262. The van der Waals surface area contributed by atoms with Crippen LogP contribution in [0.2, 0.25) is 0 Å². The van der Waals surface area contributed by atoms with Gasteiger partial charge in [0.05, 0.1) is 54.4 Å². The molecule has 1 aliphatic rings. The van der Waals surface area contributed by atoms with E-state index in [0.29, 0.717) is 32.2 Å². The van der Waals surface area contributed by atoms with Gasteiger partial charge >= 0.3 is 5.97 Å². The van der Waals surface area contributed by atoms with Crippen LogP contribution in [0, 0.1) is 29.6 Å². The monoisotopic (exact) mass is 919 g/mol. The number of hydrogen-bond acceptors (Lipinski definition) is 11. The summed E-state index contributed by atoms with van der Waals surface area (Å²) in [5, 5.41) is 10.3. The van der Waals surface area contributed by atoms with E-state index < -0.39 is 42.2 Å². The summed E-state index contributed by atoms with van der Waals surface area (Å²) in [5.41, 5.74) is 2.47. The summed E-state index contributed by atoms with van der Waals surface area (Å²) in [4.78, 5) is 73.0. The minimum absolute atomic E-state index is 0.0105. The fourth-order valence-corrected chi connectivity index (χ4v) is 9.49. The number of ketones is 1. The molecule has 0 aliphatic carbocycles. The molecule has 10 atom stereocenters. The zero-order chi connectivity index (χ0) is 49.1. The van der Waals surface area contributed by atoms with E-state index in [9.17, 15) is 24.0 Å². The Kier molecular flexibility index (Phi) is 23.5. The lowest BCUT2D eigenvalue weighted by Gasteiger charge is -2.37. The number of hydrazone groups is 1. The van der Waals surface area contributed by atoms with Gasteiger partial charge in [0.15, 0.2) is 5.78 Å². The van der Waals surface area contributed by atoms with Gasteiger partial charge in [0, 0.05) is 39.5 Å². The molecular weight excluding hydrogens is 837 g/mol. The zero-order valence-corrected chi connectivity index (χ0v) is 42.0. The number of ether oxygens (including phenoxy) is 3. The summed E-state index contributed by atoms with van der Waals surface area (Å²) in [5.74, 6) is 3.41. The smallest absolute Gasteiger partial charge is 0.306 e. The van der Waals surface area contributed by atoms with Crippen LogP contribution in [-0.2, 0) is 38.2 Å². The van der Waals surface area contributed by atoms with Crippen molar-refractivity contribution in [1.82, 2.24) is 20.4 Å². The van der Waals surface area contributed by atoms with Crippen molar-refractivity contribution in [3.05, 3.63) is 71.8 Å². The molecular formula is C52H82N6O8. The third-order valence-corrected chi connectivity index (χ3v) is 13.4. The second kappa shape index (κ2) is 27.9. The van der Waals surface area contributed by atoms with Crippen molar-refractivity contribution in [3.8, 4) is 0 Å². The van der Waals surface area contributed by atoms with Crippen LogP contribution in [0.1, 0.15) is 130 Å². The number of Topliss-reactive ketones (excluding diaryl/α,β-unsaturated/α-hetero) is 1. The first-order chi connectivity index (χ1) is 31.4. The van der Waals surface area contributed by atoms with Crippen LogP contribution in [0.5, 0.6) is 0 Å². The van der Waals surface area contributed by atoms with E-state index in [1.54, 1.807) is 26.0 Å². The van der Waals surface area contributed by atoms with E-state index in [1.807, 2.05) is 128 Å². The average Bonchev–Trinajstić information content (AvgIpc) is 3.78. The number of likely N-dealkylation sites (N-methyl/N-ethyl adjacent to an activating group) is 1. The standard InChI is InChI=1S/C52H82N6O8/c1-13-35(6)47(55-52(63)40(33(2)3)31-43(59)48(34(4)5)57(9)10)44(64-11)32-45(60)58-30-22-28-42(58)49(65-12)36(7)51(62)54-37(8)50(39-25-18-15-19-26-39)66-46(61)29-21-20-27-41(56-53)38-23-16-14-17-24-38/h14-19,23-26,33-37,40,42,44,47-50H,13,20-22,27-32,53H2,1-12H3,(H,54,62)(H,55,63)/b56-41+/t35?,36-,37-,40-,42+,44-,47-,48-,49-,50-/m1/s1. The number of nitrogens with one attached hydrogen (secondary N) is 2. The summed E-state index contributed by atoms with van der Waals surface area (Å²) in [6, 6.07) is 17.3. The number of amides is 3. The first kappa shape index (κ1) is 55.7. The lowest BCUT2D eigenvalue weighted by molar-refractivity contribution is -0.152. The summed E-state index contributed by atoms with van der Waals surface area (Å²) < 4.78 is 18.1. The fourth-order valence-electron chi connectivity index (χ4n) is 9.49. The third kappa shape index (κ3) is 16.0. The van der Waals surface area contributed by atoms with Crippen molar-refractivity contribution in [2.24, 2.45) is 40.5 Å². The van der Waals surface area contributed by atoms with E-state index in [4.69, 9.17) is 20.1 Å². The first-order valence-electron chi connectivity index (χ1n) is 24.1. The van der Waals surface area contributed by atoms with Crippen molar-refractivity contribution in [2.75, 3.05) is 34.9 Å². The molecule has 3 amide bonds. The topological polar surface area (TPSA) is 182 Å². The molecule has 1 saturated heterocycles. The molecule has 2 aromatic rings. The number of nitrogens with two attached hydrogens (primary N) is 1. The Balaban J connectivity index is 1.70. The molecule has 0 aromatic heterocycles. The second-order valence-corrected chi connectivity index (χ2v) is 19.1. The number of carbonyl (C=O) groups excluding carboxylic acids is 5. The number of likely N-dealkylation sites (tertiary alicyclic amines) is 1. The Morgan fingerprint density at radius 1 is 0.818 bits per heavy atom. The largest absolute Gasteiger partial charge is 0.455 e. The molecule has 66 heavy (non-hydrogen) atoms. The van der Waals surface area contributed by atoms with Crippen molar-refractivity contribution in [1.29, 1.82) is 0 Å². The molecule has 0 spiro atoms. The molecule has 14 nitrogen and oxygen atoms in total. The minimum atomic E-state index is -0.748. The van der Waals surface area contributed by atoms with E-state index in [-0.39, 0.29) is 78.6 Å². The maximum Gasteiger partial charge on any atom is 0.306 e. The number of rotatable bonds is 28. The van der Waals surface area contributed by atoms with Gasteiger partial charge in [-0.25, -0.2) is 0 Å². The average molecular weight is 919 g/mol. The molecule has 0 saturated carbocycles. The molecule has 3 rings (SSSR count). The lowest BCUT2D eigenvalue weighted by atomic mass is 9.84. The van der Waals surface area contributed by atoms with E-state index in [0.717, 1.165) is 29.7 Å². The normalized spacial score (nSPS) is 18.5. The van der Waals surface area contributed by atoms with Crippen LogP contribution < -0.4 is 16.5 Å². The molecule has 4 N–H and O–H groups in total. The van der Waals surface area contributed by atoms with Gasteiger partial charge in [0.25, 0.3) is 0 Å². The molecule has 1 unspecified atom stereocenters. The Morgan fingerprint density at radius 3 is 1.98 bits per heavy atom. The molecule has 2 aromatic carbocycles. The highest BCUT2D eigenvalue weighted by molar-refractivity contribution is 6.00. The zero-order valence-electron chi connectivity index (χ0n) is 42.0. The first-order valence-corrected chi connectivity index (χ1v) is 24.1. The molecule has 0 radical (unpaired) electrons. The van der Waals surface area contributed by atoms with Gasteiger partial charge in [-0.1, -0.05) is 116 Å². The Morgan fingerprint density at radius 2 is 1.44 bits per heavy atom. The number of benzene rings is 2. The summed E-state index contributed by atoms with van der Waals surface area (Å²) in [6.07, 6.45) is 2.29. The number of unbranched alkanes of at least 4 members (excludes halogenated alkanes) is 1. The van der Waals surface area contributed by atoms with E-state index in [2.05, 4.69) is 15.7 Å². The summed E-state index contributed by atoms with van der Waals surface area (Å²) in [7, 11) is 6.88. The number of nitrogens with zero attached hydrogens (tertiary/aromatic N) is 3. The number of esters is 1. The van der Waals surface area contributed by atoms with Gasteiger partial charge in [-0.3, -0.25) is 28.9 Å². The van der Waals surface area contributed by atoms with Gasteiger partial charge in [-0.15, -0.1) is 0 Å². The number of hydrogen-bond donors (Lipinski definition) is 3. The van der Waals surface area contributed by atoms with Crippen LogP contribution in [0.3, 0.4) is 0 Å². The van der Waals surface area contributed by atoms with Crippen LogP contribution in [0.4, 0.5) is 0 Å². The Bertz CT molecular complexity index is 1830. The lowest BCUT2D eigenvalue weighted by Crippen LogP contribution is -2.54. The Labute approximate surface area is 395 Å². The molecule has 1 aliphatic heterocycles. The van der Waals surface area contributed by atoms with Crippen LogP contribution in [-0.4, -0.2) is 116 Å². The van der Waals surface area contributed by atoms with Crippen molar-refractivity contribution < 1.29 is 38.2 Å². The molecule has 14 heteroatoms. The third-order valence-electron chi connectivity index (χ3n) is 13.4. The van der Waals surface area contributed by atoms with Crippen LogP contribution in [0.25, 0.3) is 0 Å². The van der Waals surface area contributed by atoms with E-state index in [1.165, 1.54) is 0 Å². The predicted molar refractivity (Wildman–Crippen MR) is 260 cm³/mol. The van der Waals surface area contributed by atoms with Crippen molar-refractivity contribution in [3.63, 3.8) is 0 Å². The molecule has 1 heterocycles. The maximum absolute atomic E-state index is 14.3. The fraction of sp³-hybridized carbons (Fsp3) is 0.654. The SMILES string of the molecule is CCC(C)[C@@H](NC(=O)[C@H](CC(=O)[C@@H](C(C)C)N(C)C)C(C)C)[C@@H](CC(=O)N1CCC[C@H]1[C@H](OC)[C@@H](C)C(=O)N[C@H](C)[C@@H](OC(=O)CCCC/C(=N\N)c1ccccc1)c1ccccc1)OC.